The average molecular weight is 233 g/mol. The molecule has 4 heteroatoms. The van der Waals surface area contributed by atoms with Crippen LogP contribution in [0.4, 0.5) is 0 Å². The van der Waals surface area contributed by atoms with Crippen molar-refractivity contribution in [2.45, 2.75) is 32.1 Å². The standard InChI is InChI=1S/C11H20N2O.ClH/c14-11(10-5-6-12-9-10)13-7-3-1-2-4-8-13;/h10,12H,1-9H2;1H. The van der Waals surface area contributed by atoms with Gasteiger partial charge in [-0.05, 0) is 25.8 Å². The first-order chi connectivity index (χ1) is 6.88. The minimum Gasteiger partial charge on any atom is -0.342 e. The highest BCUT2D eigenvalue weighted by atomic mass is 35.5. The minimum absolute atomic E-state index is 0. The second-order valence-corrected chi connectivity index (χ2v) is 4.43. The highest BCUT2D eigenvalue weighted by molar-refractivity contribution is 5.85. The molecular formula is C11H21ClN2O. The number of rotatable bonds is 1. The number of carbonyl (C=O) groups excluding carboxylic acids is 1. The van der Waals surface area contributed by atoms with E-state index in [1.54, 1.807) is 0 Å². The molecule has 0 saturated carbocycles. The van der Waals surface area contributed by atoms with E-state index in [1.165, 1.54) is 25.7 Å². The Bertz CT molecular complexity index is 197. The summed E-state index contributed by atoms with van der Waals surface area (Å²) in [6, 6.07) is 0. The summed E-state index contributed by atoms with van der Waals surface area (Å²) in [5.41, 5.74) is 0. The van der Waals surface area contributed by atoms with Crippen LogP contribution in [0.2, 0.25) is 0 Å². The van der Waals surface area contributed by atoms with E-state index in [0.717, 1.165) is 32.6 Å². The maximum Gasteiger partial charge on any atom is 0.227 e. The number of amides is 1. The van der Waals surface area contributed by atoms with Crippen molar-refractivity contribution in [3.8, 4) is 0 Å². The molecule has 1 N–H and O–H groups in total. The Morgan fingerprint density at radius 2 is 1.80 bits per heavy atom. The quantitative estimate of drug-likeness (QED) is 0.742. The molecule has 15 heavy (non-hydrogen) atoms. The Labute approximate surface area is 98.0 Å². The predicted octanol–water partition coefficient (Wildman–Crippen LogP) is 1.42. The molecule has 1 atom stereocenters. The zero-order valence-electron chi connectivity index (χ0n) is 9.21. The van der Waals surface area contributed by atoms with E-state index in [1.807, 2.05) is 0 Å². The summed E-state index contributed by atoms with van der Waals surface area (Å²) >= 11 is 0. The fourth-order valence-electron chi connectivity index (χ4n) is 2.41. The first kappa shape index (κ1) is 12.8. The summed E-state index contributed by atoms with van der Waals surface area (Å²) in [6.45, 7) is 3.91. The lowest BCUT2D eigenvalue weighted by Crippen LogP contribution is -2.37. The number of hydrogen-bond donors (Lipinski definition) is 1. The predicted molar refractivity (Wildman–Crippen MR) is 63.3 cm³/mol. The molecule has 2 aliphatic rings. The number of likely N-dealkylation sites (tertiary alicyclic amines) is 1. The summed E-state index contributed by atoms with van der Waals surface area (Å²) in [4.78, 5) is 14.1. The Kier molecular flexibility index (Phi) is 5.40. The molecule has 0 aliphatic carbocycles. The van der Waals surface area contributed by atoms with Crippen LogP contribution >= 0.6 is 12.4 Å². The second kappa shape index (κ2) is 6.33. The third kappa shape index (κ3) is 3.35. The van der Waals surface area contributed by atoms with E-state index in [9.17, 15) is 4.79 Å². The average Bonchev–Trinajstić information content (AvgIpc) is 2.59. The molecule has 2 saturated heterocycles. The van der Waals surface area contributed by atoms with Gasteiger partial charge in [-0.15, -0.1) is 12.4 Å². The van der Waals surface area contributed by atoms with Crippen LogP contribution in [-0.2, 0) is 4.79 Å². The van der Waals surface area contributed by atoms with Crippen LogP contribution in [0.3, 0.4) is 0 Å². The first-order valence-corrected chi connectivity index (χ1v) is 5.87. The van der Waals surface area contributed by atoms with Crippen molar-refractivity contribution in [1.29, 1.82) is 0 Å². The van der Waals surface area contributed by atoms with Gasteiger partial charge < -0.3 is 10.2 Å². The highest BCUT2D eigenvalue weighted by Gasteiger charge is 2.27. The molecule has 0 spiro atoms. The Hall–Kier alpha value is -0.280. The smallest absolute Gasteiger partial charge is 0.227 e. The fraction of sp³-hybridized carbons (Fsp3) is 0.909. The summed E-state index contributed by atoms with van der Waals surface area (Å²) in [7, 11) is 0. The molecule has 2 aliphatic heterocycles. The fourth-order valence-corrected chi connectivity index (χ4v) is 2.41. The van der Waals surface area contributed by atoms with Gasteiger partial charge in [0.15, 0.2) is 0 Å². The van der Waals surface area contributed by atoms with Gasteiger partial charge in [-0.25, -0.2) is 0 Å². The maximum absolute atomic E-state index is 12.0. The summed E-state index contributed by atoms with van der Waals surface area (Å²) in [6.07, 6.45) is 6.03. The lowest BCUT2D eigenvalue weighted by Gasteiger charge is -2.23. The molecule has 0 aromatic heterocycles. The normalized spacial score (nSPS) is 26.9. The van der Waals surface area contributed by atoms with E-state index >= 15 is 0 Å². The molecule has 2 heterocycles. The van der Waals surface area contributed by atoms with Gasteiger partial charge in [-0.1, -0.05) is 12.8 Å². The van der Waals surface area contributed by atoms with Crippen LogP contribution in [0.15, 0.2) is 0 Å². The largest absolute Gasteiger partial charge is 0.342 e. The lowest BCUT2D eigenvalue weighted by molar-refractivity contribution is -0.134. The van der Waals surface area contributed by atoms with Crippen molar-refractivity contribution < 1.29 is 4.79 Å². The highest BCUT2D eigenvalue weighted by Crippen LogP contribution is 2.16. The molecule has 2 rings (SSSR count). The number of carbonyl (C=O) groups is 1. The van der Waals surface area contributed by atoms with Crippen LogP contribution < -0.4 is 5.32 Å². The van der Waals surface area contributed by atoms with Crippen molar-refractivity contribution in [2.24, 2.45) is 5.92 Å². The third-order valence-corrected chi connectivity index (χ3v) is 3.33. The van der Waals surface area contributed by atoms with Gasteiger partial charge in [0.05, 0.1) is 5.92 Å². The molecule has 88 valence electrons. The van der Waals surface area contributed by atoms with Crippen molar-refractivity contribution in [1.82, 2.24) is 10.2 Å². The van der Waals surface area contributed by atoms with E-state index in [2.05, 4.69) is 10.2 Å². The second-order valence-electron chi connectivity index (χ2n) is 4.43. The molecule has 0 radical (unpaired) electrons. The molecule has 0 aromatic rings. The molecule has 1 unspecified atom stereocenters. The van der Waals surface area contributed by atoms with Crippen LogP contribution in [0.25, 0.3) is 0 Å². The van der Waals surface area contributed by atoms with E-state index in [0.29, 0.717) is 5.91 Å². The Morgan fingerprint density at radius 1 is 1.13 bits per heavy atom. The lowest BCUT2D eigenvalue weighted by atomic mass is 10.1. The Morgan fingerprint density at radius 3 is 2.33 bits per heavy atom. The van der Waals surface area contributed by atoms with Crippen LogP contribution in [0.5, 0.6) is 0 Å². The summed E-state index contributed by atoms with van der Waals surface area (Å²) < 4.78 is 0. The van der Waals surface area contributed by atoms with Crippen LogP contribution in [-0.4, -0.2) is 37.0 Å². The molecule has 2 fully saturated rings. The number of nitrogens with one attached hydrogen (secondary N) is 1. The molecular weight excluding hydrogens is 212 g/mol. The van der Waals surface area contributed by atoms with Crippen LogP contribution in [0.1, 0.15) is 32.1 Å². The van der Waals surface area contributed by atoms with Crippen molar-refractivity contribution in [3.63, 3.8) is 0 Å². The van der Waals surface area contributed by atoms with Gasteiger partial charge in [0.1, 0.15) is 0 Å². The summed E-state index contributed by atoms with van der Waals surface area (Å²) in [5.74, 6) is 0.671. The van der Waals surface area contributed by atoms with Gasteiger partial charge >= 0.3 is 0 Å². The van der Waals surface area contributed by atoms with E-state index in [4.69, 9.17) is 0 Å². The minimum atomic E-state index is 0. The van der Waals surface area contributed by atoms with Gasteiger partial charge in [0.25, 0.3) is 0 Å². The molecule has 1 amide bonds. The van der Waals surface area contributed by atoms with Gasteiger partial charge in [-0.3, -0.25) is 4.79 Å². The van der Waals surface area contributed by atoms with Gasteiger partial charge in [-0.2, -0.15) is 0 Å². The molecule has 0 aromatic carbocycles. The maximum atomic E-state index is 12.0. The third-order valence-electron chi connectivity index (χ3n) is 3.33. The number of hydrogen-bond acceptors (Lipinski definition) is 2. The van der Waals surface area contributed by atoms with Gasteiger partial charge in [0.2, 0.25) is 5.91 Å². The Balaban J connectivity index is 0.00000112. The number of nitrogens with zero attached hydrogens (tertiary/aromatic N) is 1. The molecule has 0 bridgehead atoms. The summed E-state index contributed by atoms with van der Waals surface area (Å²) in [5, 5.41) is 3.26. The monoisotopic (exact) mass is 232 g/mol. The van der Waals surface area contributed by atoms with Gasteiger partial charge in [0, 0.05) is 19.6 Å². The van der Waals surface area contributed by atoms with E-state index in [-0.39, 0.29) is 18.3 Å². The first-order valence-electron chi connectivity index (χ1n) is 5.87. The van der Waals surface area contributed by atoms with Crippen molar-refractivity contribution in [2.75, 3.05) is 26.2 Å². The van der Waals surface area contributed by atoms with Crippen molar-refractivity contribution >= 4 is 18.3 Å². The number of halogens is 1. The van der Waals surface area contributed by atoms with Crippen molar-refractivity contribution in [3.05, 3.63) is 0 Å². The van der Waals surface area contributed by atoms with E-state index < -0.39 is 0 Å². The topological polar surface area (TPSA) is 32.3 Å². The SMILES string of the molecule is Cl.O=C(C1CCNC1)N1CCCCCC1. The van der Waals surface area contributed by atoms with Crippen LogP contribution in [0, 0.1) is 5.92 Å². The zero-order chi connectivity index (χ0) is 9.80. The molecule has 3 nitrogen and oxygen atoms in total. The zero-order valence-corrected chi connectivity index (χ0v) is 10.0.